The molecule has 26 heavy (non-hydrogen) atoms. The fourth-order valence-corrected chi connectivity index (χ4v) is 2.71. The largest absolute Gasteiger partial charge is 0.378 e. The van der Waals surface area contributed by atoms with Crippen LogP contribution in [0.4, 0.5) is 5.69 Å². The molecule has 0 aliphatic heterocycles. The van der Waals surface area contributed by atoms with Gasteiger partial charge in [-0.05, 0) is 49.7 Å². The molecule has 0 aliphatic rings. The number of aromatic nitrogens is 1. The molecule has 0 atom stereocenters. The van der Waals surface area contributed by atoms with Crippen LogP contribution in [0.1, 0.15) is 27.2 Å². The Balaban J connectivity index is 1.75. The first-order valence-electron chi connectivity index (χ1n) is 8.43. The first-order chi connectivity index (χ1) is 12.4. The van der Waals surface area contributed by atoms with Crippen LogP contribution in [0.3, 0.4) is 0 Å². The van der Waals surface area contributed by atoms with E-state index in [1.807, 2.05) is 81.4 Å². The lowest BCUT2D eigenvalue weighted by Crippen LogP contribution is -2.19. The van der Waals surface area contributed by atoms with Crippen LogP contribution in [-0.4, -0.2) is 31.2 Å². The maximum atomic E-state index is 12.5. The van der Waals surface area contributed by atoms with Crippen LogP contribution >= 0.6 is 0 Å². The van der Waals surface area contributed by atoms with E-state index in [1.54, 1.807) is 6.21 Å². The molecule has 0 fully saturated rings. The van der Waals surface area contributed by atoms with E-state index in [2.05, 4.69) is 15.5 Å². The van der Waals surface area contributed by atoms with E-state index in [1.165, 1.54) is 0 Å². The number of carbonyl (C=O) groups is 1. The predicted molar refractivity (Wildman–Crippen MR) is 107 cm³/mol. The lowest BCUT2D eigenvalue weighted by atomic mass is 10.1. The Hall–Kier alpha value is -3.21. The van der Waals surface area contributed by atoms with Crippen molar-refractivity contribution in [2.45, 2.75) is 13.8 Å². The molecule has 0 spiro atoms. The van der Waals surface area contributed by atoms with Crippen LogP contribution in [0.5, 0.6) is 0 Å². The molecule has 5 nitrogen and oxygen atoms in total. The number of nitrogens with one attached hydrogen (secondary N) is 1. The second kappa shape index (κ2) is 7.35. The molecule has 2 aromatic carbocycles. The second-order valence-electron chi connectivity index (χ2n) is 6.50. The topological polar surface area (TPSA) is 57.6 Å². The van der Waals surface area contributed by atoms with Gasteiger partial charge in [0.15, 0.2) is 0 Å². The summed E-state index contributed by atoms with van der Waals surface area (Å²) in [6.45, 7) is 3.85. The summed E-state index contributed by atoms with van der Waals surface area (Å²) in [6.07, 6.45) is 1.63. The van der Waals surface area contributed by atoms with Crippen molar-refractivity contribution in [2.24, 2.45) is 5.10 Å². The fraction of sp³-hybridized carbons (Fsp3) is 0.190. The summed E-state index contributed by atoms with van der Waals surface area (Å²) in [5.41, 5.74) is 7.84. The molecule has 0 saturated heterocycles. The molecule has 1 N–H and O–H groups in total. The summed E-state index contributed by atoms with van der Waals surface area (Å²) < 4.78 is 0. The zero-order valence-corrected chi connectivity index (χ0v) is 15.4. The number of nitrogens with zero attached hydrogens (tertiary/aromatic N) is 3. The number of benzene rings is 2. The Kier molecular flexibility index (Phi) is 4.98. The molecular weight excluding hydrogens is 324 g/mol. The Labute approximate surface area is 153 Å². The molecule has 0 aliphatic carbocycles. The third-order valence-electron chi connectivity index (χ3n) is 4.19. The van der Waals surface area contributed by atoms with E-state index in [4.69, 9.17) is 0 Å². The van der Waals surface area contributed by atoms with E-state index in [0.717, 1.165) is 27.7 Å². The number of rotatable bonds is 4. The van der Waals surface area contributed by atoms with Gasteiger partial charge in [-0.3, -0.25) is 9.78 Å². The molecule has 5 heteroatoms. The molecule has 0 saturated carbocycles. The van der Waals surface area contributed by atoms with Gasteiger partial charge < -0.3 is 4.90 Å². The average Bonchev–Trinajstić information content (AvgIpc) is 2.61. The Morgan fingerprint density at radius 1 is 1.08 bits per heavy atom. The van der Waals surface area contributed by atoms with Crippen LogP contribution < -0.4 is 10.3 Å². The standard InChI is InChI=1S/C21H22N4O/c1-14-5-10-20-17(11-14)12-19(15(2)23-20)21(26)24-22-13-16-6-8-18(9-7-16)25(3)4/h5-13H,1-4H3,(H,24,26)/b22-13-. The van der Waals surface area contributed by atoms with Crippen molar-refractivity contribution in [3.63, 3.8) is 0 Å². The number of carbonyl (C=O) groups excluding carboxylic acids is 1. The van der Waals surface area contributed by atoms with Gasteiger partial charge >= 0.3 is 0 Å². The summed E-state index contributed by atoms with van der Waals surface area (Å²) in [5.74, 6) is -0.264. The molecule has 0 unspecified atom stereocenters. The second-order valence-corrected chi connectivity index (χ2v) is 6.50. The van der Waals surface area contributed by atoms with Crippen molar-refractivity contribution in [2.75, 3.05) is 19.0 Å². The molecule has 132 valence electrons. The van der Waals surface area contributed by atoms with Gasteiger partial charge in [0.05, 0.1) is 23.0 Å². The fourth-order valence-electron chi connectivity index (χ4n) is 2.71. The van der Waals surface area contributed by atoms with Crippen molar-refractivity contribution in [3.05, 3.63) is 70.9 Å². The summed E-state index contributed by atoms with van der Waals surface area (Å²) in [6, 6.07) is 15.8. The maximum absolute atomic E-state index is 12.5. The van der Waals surface area contributed by atoms with E-state index in [-0.39, 0.29) is 5.91 Å². The quantitative estimate of drug-likeness (QED) is 0.579. The van der Waals surface area contributed by atoms with Gasteiger partial charge in [-0.15, -0.1) is 0 Å². The van der Waals surface area contributed by atoms with Crippen LogP contribution in [0, 0.1) is 13.8 Å². The molecule has 1 amide bonds. The van der Waals surface area contributed by atoms with Crippen LogP contribution in [0.2, 0.25) is 0 Å². The summed E-state index contributed by atoms with van der Waals surface area (Å²) in [7, 11) is 3.98. The van der Waals surface area contributed by atoms with Crippen molar-refractivity contribution >= 4 is 28.7 Å². The number of hydrogen-bond donors (Lipinski definition) is 1. The molecule has 3 rings (SSSR count). The third kappa shape index (κ3) is 3.88. The highest BCUT2D eigenvalue weighted by molar-refractivity contribution is 5.99. The number of hydrazone groups is 1. The minimum Gasteiger partial charge on any atom is -0.378 e. The summed E-state index contributed by atoms with van der Waals surface area (Å²) >= 11 is 0. The zero-order valence-electron chi connectivity index (χ0n) is 15.4. The van der Waals surface area contributed by atoms with E-state index >= 15 is 0 Å². The molecule has 3 aromatic rings. The van der Waals surface area contributed by atoms with E-state index < -0.39 is 0 Å². The van der Waals surface area contributed by atoms with Crippen LogP contribution in [0.25, 0.3) is 10.9 Å². The van der Waals surface area contributed by atoms with Crippen molar-refractivity contribution < 1.29 is 4.79 Å². The molecular formula is C21H22N4O. The Bertz CT molecular complexity index is 975. The minimum absolute atomic E-state index is 0.264. The van der Waals surface area contributed by atoms with Crippen molar-refractivity contribution in [1.29, 1.82) is 0 Å². The lowest BCUT2D eigenvalue weighted by molar-refractivity contribution is 0.0954. The van der Waals surface area contributed by atoms with Gasteiger partial charge in [0.25, 0.3) is 5.91 Å². The SMILES string of the molecule is Cc1ccc2nc(C)c(C(=O)N/N=C\c3ccc(N(C)C)cc3)cc2c1. The number of pyridine rings is 1. The average molecular weight is 346 g/mol. The van der Waals surface area contributed by atoms with Crippen LogP contribution in [0.15, 0.2) is 53.6 Å². The van der Waals surface area contributed by atoms with Gasteiger partial charge in [0, 0.05) is 25.2 Å². The minimum atomic E-state index is -0.264. The zero-order chi connectivity index (χ0) is 18.7. The number of anilines is 1. The molecule has 1 aromatic heterocycles. The maximum Gasteiger partial charge on any atom is 0.273 e. The highest BCUT2D eigenvalue weighted by atomic mass is 16.2. The monoisotopic (exact) mass is 346 g/mol. The summed E-state index contributed by atoms with van der Waals surface area (Å²) in [4.78, 5) is 19.0. The first kappa shape index (κ1) is 17.6. The van der Waals surface area contributed by atoms with E-state index in [0.29, 0.717) is 11.3 Å². The van der Waals surface area contributed by atoms with Gasteiger partial charge in [-0.25, -0.2) is 5.43 Å². The molecule has 0 bridgehead atoms. The van der Waals surface area contributed by atoms with Crippen LogP contribution in [-0.2, 0) is 0 Å². The number of amides is 1. The molecule has 0 radical (unpaired) electrons. The van der Waals surface area contributed by atoms with Crippen molar-refractivity contribution in [3.8, 4) is 0 Å². The number of hydrogen-bond acceptors (Lipinski definition) is 4. The van der Waals surface area contributed by atoms with Gasteiger partial charge in [0.2, 0.25) is 0 Å². The first-order valence-corrected chi connectivity index (χ1v) is 8.43. The van der Waals surface area contributed by atoms with Gasteiger partial charge in [0.1, 0.15) is 0 Å². The highest BCUT2D eigenvalue weighted by Crippen LogP contribution is 2.18. The Morgan fingerprint density at radius 3 is 2.50 bits per heavy atom. The molecule has 1 heterocycles. The smallest absolute Gasteiger partial charge is 0.273 e. The number of fused-ring (bicyclic) bond motifs is 1. The normalized spacial score (nSPS) is 11.1. The highest BCUT2D eigenvalue weighted by Gasteiger charge is 2.11. The summed E-state index contributed by atoms with van der Waals surface area (Å²) in [5, 5.41) is 5.01. The van der Waals surface area contributed by atoms with Crippen molar-refractivity contribution in [1.82, 2.24) is 10.4 Å². The van der Waals surface area contributed by atoms with Gasteiger partial charge in [-0.1, -0.05) is 23.8 Å². The lowest BCUT2D eigenvalue weighted by Gasteiger charge is -2.11. The van der Waals surface area contributed by atoms with Gasteiger partial charge in [-0.2, -0.15) is 5.10 Å². The third-order valence-corrected chi connectivity index (χ3v) is 4.19. The number of aryl methyl sites for hydroxylation is 2. The predicted octanol–water partition coefficient (Wildman–Crippen LogP) is 3.68. The van der Waals surface area contributed by atoms with E-state index in [9.17, 15) is 4.79 Å². The Morgan fingerprint density at radius 2 is 1.81 bits per heavy atom.